The van der Waals surface area contributed by atoms with E-state index in [-0.39, 0.29) is 12.5 Å². The lowest BCUT2D eigenvalue weighted by Crippen LogP contribution is -2.32. The molecule has 0 atom stereocenters. The Balaban J connectivity index is 2.34. The van der Waals surface area contributed by atoms with Gasteiger partial charge in [0.05, 0.1) is 13.2 Å². The van der Waals surface area contributed by atoms with E-state index in [0.29, 0.717) is 24.7 Å². The lowest BCUT2D eigenvalue weighted by atomic mass is 10.2. The van der Waals surface area contributed by atoms with E-state index in [0.717, 1.165) is 5.56 Å². The van der Waals surface area contributed by atoms with Gasteiger partial charge in [0.1, 0.15) is 5.82 Å². The third kappa shape index (κ3) is 4.69. The van der Waals surface area contributed by atoms with Crippen LogP contribution in [0.1, 0.15) is 5.56 Å². The Hall–Kier alpha value is -1.82. The number of hydrogen-bond donors (Lipinski definition) is 3. The average Bonchev–Trinajstić information content (AvgIpc) is 2.31. The van der Waals surface area contributed by atoms with Crippen LogP contribution in [0.5, 0.6) is 0 Å². The van der Waals surface area contributed by atoms with E-state index in [2.05, 4.69) is 15.6 Å². The fraction of sp³-hybridized carbons (Fsp3) is 0.455. The number of nitrogens with two attached hydrogens (primary N) is 1. The molecule has 94 valence electrons. The summed E-state index contributed by atoms with van der Waals surface area (Å²) >= 11 is 0. The zero-order chi connectivity index (χ0) is 12.7. The van der Waals surface area contributed by atoms with Crippen molar-refractivity contribution in [3.05, 3.63) is 17.8 Å². The molecule has 0 radical (unpaired) electrons. The number of nitrogen functional groups attached to an aromatic ring is 1. The minimum Gasteiger partial charge on any atom is -0.398 e. The molecule has 0 saturated heterocycles. The second kappa shape index (κ2) is 6.70. The minimum atomic E-state index is -0.108. The van der Waals surface area contributed by atoms with E-state index < -0.39 is 0 Å². The van der Waals surface area contributed by atoms with Crippen molar-refractivity contribution in [2.75, 3.05) is 37.9 Å². The molecule has 1 aromatic heterocycles. The van der Waals surface area contributed by atoms with E-state index in [1.54, 1.807) is 19.4 Å². The number of amides is 1. The first-order valence-electron chi connectivity index (χ1n) is 5.35. The molecule has 0 aliphatic rings. The summed E-state index contributed by atoms with van der Waals surface area (Å²) in [6.07, 6.45) is 1.67. The van der Waals surface area contributed by atoms with Crippen LogP contribution < -0.4 is 16.4 Å². The van der Waals surface area contributed by atoms with Crippen molar-refractivity contribution in [1.82, 2.24) is 10.3 Å². The Morgan fingerprint density at radius 1 is 1.59 bits per heavy atom. The summed E-state index contributed by atoms with van der Waals surface area (Å²) in [5, 5.41) is 5.59. The number of nitrogens with zero attached hydrogens (tertiary/aromatic N) is 1. The summed E-state index contributed by atoms with van der Waals surface area (Å²) in [5.41, 5.74) is 7.30. The normalized spacial score (nSPS) is 10.0. The third-order valence-electron chi connectivity index (χ3n) is 2.20. The molecule has 1 heterocycles. The highest BCUT2D eigenvalue weighted by molar-refractivity contribution is 5.80. The van der Waals surface area contributed by atoms with Gasteiger partial charge in [0, 0.05) is 31.6 Å². The number of aromatic nitrogens is 1. The van der Waals surface area contributed by atoms with E-state index in [1.165, 1.54) is 0 Å². The SMILES string of the molecule is COCCNC(=O)CNc1cc(N)c(C)cn1. The van der Waals surface area contributed by atoms with E-state index in [4.69, 9.17) is 10.5 Å². The Labute approximate surface area is 101 Å². The summed E-state index contributed by atoms with van der Waals surface area (Å²) in [7, 11) is 1.59. The average molecular weight is 238 g/mol. The molecule has 0 aliphatic carbocycles. The molecule has 1 amide bonds. The maximum atomic E-state index is 11.4. The summed E-state index contributed by atoms with van der Waals surface area (Å²) < 4.78 is 4.82. The fourth-order valence-electron chi connectivity index (χ4n) is 1.16. The Kier molecular flexibility index (Phi) is 5.22. The first-order chi connectivity index (χ1) is 8.13. The van der Waals surface area contributed by atoms with Crippen molar-refractivity contribution in [3.8, 4) is 0 Å². The number of ether oxygens (including phenoxy) is 1. The molecule has 6 nitrogen and oxygen atoms in total. The van der Waals surface area contributed by atoms with Crippen molar-refractivity contribution in [2.45, 2.75) is 6.92 Å². The van der Waals surface area contributed by atoms with Crippen molar-refractivity contribution >= 4 is 17.4 Å². The van der Waals surface area contributed by atoms with Gasteiger partial charge in [0.25, 0.3) is 0 Å². The first-order valence-corrected chi connectivity index (χ1v) is 5.35. The van der Waals surface area contributed by atoms with Crippen LogP contribution in [0.15, 0.2) is 12.3 Å². The topological polar surface area (TPSA) is 89.3 Å². The zero-order valence-electron chi connectivity index (χ0n) is 10.1. The molecular formula is C11H18N4O2. The van der Waals surface area contributed by atoms with Gasteiger partial charge in [-0.2, -0.15) is 0 Å². The number of pyridine rings is 1. The van der Waals surface area contributed by atoms with Crippen LogP contribution in [-0.4, -0.2) is 37.7 Å². The number of carbonyl (C=O) groups excluding carboxylic acids is 1. The number of aryl methyl sites for hydroxylation is 1. The number of carbonyl (C=O) groups is 1. The maximum Gasteiger partial charge on any atom is 0.239 e. The molecule has 0 unspecified atom stereocenters. The molecule has 0 bridgehead atoms. The van der Waals surface area contributed by atoms with Gasteiger partial charge in [0.15, 0.2) is 0 Å². The summed E-state index contributed by atoms with van der Waals surface area (Å²) in [6, 6.07) is 1.71. The largest absolute Gasteiger partial charge is 0.398 e. The van der Waals surface area contributed by atoms with Crippen LogP contribution in [0.4, 0.5) is 11.5 Å². The van der Waals surface area contributed by atoms with Crippen LogP contribution in [0, 0.1) is 6.92 Å². The fourth-order valence-corrected chi connectivity index (χ4v) is 1.16. The van der Waals surface area contributed by atoms with Crippen LogP contribution >= 0.6 is 0 Å². The molecular weight excluding hydrogens is 220 g/mol. The monoisotopic (exact) mass is 238 g/mol. The molecule has 1 aromatic rings. The second-order valence-corrected chi connectivity index (χ2v) is 3.62. The first kappa shape index (κ1) is 13.2. The Bertz CT molecular complexity index is 382. The Morgan fingerprint density at radius 3 is 3.00 bits per heavy atom. The lowest BCUT2D eigenvalue weighted by Gasteiger charge is -2.08. The third-order valence-corrected chi connectivity index (χ3v) is 2.20. The van der Waals surface area contributed by atoms with Gasteiger partial charge >= 0.3 is 0 Å². The van der Waals surface area contributed by atoms with Gasteiger partial charge in [-0.1, -0.05) is 0 Å². The van der Waals surface area contributed by atoms with Crippen molar-refractivity contribution in [2.24, 2.45) is 0 Å². The maximum absolute atomic E-state index is 11.4. The quantitative estimate of drug-likeness (QED) is 0.614. The number of hydrogen-bond acceptors (Lipinski definition) is 5. The molecule has 0 aliphatic heterocycles. The highest BCUT2D eigenvalue weighted by Crippen LogP contribution is 2.12. The molecule has 0 saturated carbocycles. The highest BCUT2D eigenvalue weighted by atomic mass is 16.5. The van der Waals surface area contributed by atoms with Gasteiger partial charge in [-0.25, -0.2) is 4.98 Å². The number of methoxy groups -OCH3 is 1. The molecule has 0 spiro atoms. The van der Waals surface area contributed by atoms with E-state index in [9.17, 15) is 4.79 Å². The summed E-state index contributed by atoms with van der Waals surface area (Å²) in [6.45, 7) is 3.05. The van der Waals surface area contributed by atoms with Gasteiger partial charge < -0.3 is 21.1 Å². The highest BCUT2D eigenvalue weighted by Gasteiger charge is 2.02. The molecule has 6 heteroatoms. The van der Waals surface area contributed by atoms with Gasteiger partial charge in [-0.05, 0) is 12.5 Å². The number of rotatable bonds is 6. The lowest BCUT2D eigenvalue weighted by molar-refractivity contribution is -0.119. The van der Waals surface area contributed by atoms with Gasteiger partial charge in [-0.15, -0.1) is 0 Å². The van der Waals surface area contributed by atoms with Crippen LogP contribution in [-0.2, 0) is 9.53 Å². The van der Waals surface area contributed by atoms with E-state index in [1.807, 2.05) is 6.92 Å². The predicted octanol–water partition coefficient (Wildman–Crippen LogP) is 0.147. The predicted molar refractivity (Wildman–Crippen MR) is 66.8 cm³/mol. The molecule has 1 rings (SSSR count). The van der Waals surface area contributed by atoms with Gasteiger partial charge in [0.2, 0.25) is 5.91 Å². The number of nitrogens with one attached hydrogen (secondary N) is 2. The van der Waals surface area contributed by atoms with E-state index >= 15 is 0 Å². The summed E-state index contributed by atoms with van der Waals surface area (Å²) in [4.78, 5) is 15.5. The minimum absolute atomic E-state index is 0.108. The van der Waals surface area contributed by atoms with Gasteiger partial charge in [-0.3, -0.25) is 4.79 Å². The molecule has 0 aromatic carbocycles. The van der Waals surface area contributed by atoms with Crippen molar-refractivity contribution in [3.63, 3.8) is 0 Å². The summed E-state index contributed by atoms with van der Waals surface area (Å²) in [5.74, 6) is 0.484. The standard InChI is InChI=1S/C11H18N4O2/c1-8-6-14-10(5-9(8)12)15-7-11(16)13-3-4-17-2/h5-6H,3-4,7H2,1-2H3,(H,13,16)(H3,12,14,15). The number of anilines is 2. The second-order valence-electron chi connectivity index (χ2n) is 3.62. The Morgan fingerprint density at radius 2 is 2.35 bits per heavy atom. The smallest absolute Gasteiger partial charge is 0.239 e. The zero-order valence-corrected chi connectivity index (χ0v) is 10.1. The molecule has 17 heavy (non-hydrogen) atoms. The molecule has 0 fully saturated rings. The molecule has 4 N–H and O–H groups in total. The van der Waals surface area contributed by atoms with Crippen molar-refractivity contribution in [1.29, 1.82) is 0 Å². The van der Waals surface area contributed by atoms with Crippen LogP contribution in [0.25, 0.3) is 0 Å². The van der Waals surface area contributed by atoms with Crippen LogP contribution in [0.3, 0.4) is 0 Å². The van der Waals surface area contributed by atoms with Crippen LogP contribution in [0.2, 0.25) is 0 Å². The van der Waals surface area contributed by atoms with Crippen molar-refractivity contribution < 1.29 is 9.53 Å².